The van der Waals surface area contributed by atoms with E-state index in [1.807, 2.05) is 37.3 Å². The highest BCUT2D eigenvalue weighted by atomic mass is 16.6. The minimum absolute atomic E-state index is 0.0178. The highest BCUT2D eigenvalue weighted by molar-refractivity contribution is 5.68. The number of fused-ring (bicyclic) bond motifs is 2. The van der Waals surface area contributed by atoms with E-state index in [-0.39, 0.29) is 18.1 Å². The van der Waals surface area contributed by atoms with Crippen molar-refractivity contribution in [2.45, 2.75) is 56.5 Å². The molecule has 0 radical (unpaired) electrons. The topological polar surface area (TPSA) is 55.8 Å². The van der Waals surface area contributed by atoms with Gasteiger partial charge in [0.1, 0.15) is 0 Å². The number of carboxylic acid groups (broad SMARTS) is 1. The predicted octanol–water partition coefficient (Wildman–Crippen LogP) is 2.76. The van der Waals surface area contributed by atoms with Gasteiger partial charge in [0.2, 0.25) is 0 Å². The van der Waals surface area contributed by atoms with E-state index in [1.54, 1.807) is 0 Å². The van der Waals surface area contributed by atoms with Crippen LogP contribution in [0.1, 0.15) is 38.2 Å². The lowest BCUT2D eigenvalue weighted by atomic mass is 9.79. The highest BCUT2D eigenvalue weighted by Gasteiger charge is 2.60. The van der Waals surface area contributed by atoms with Gasteiger partial charge in [-0.2, -0.15) is 0 Å². The van der Waals surface area contributed by atoms with Crippen LogP contribution in [0.25, 0.3) is 0 Å². The van der Waals surface area contributed by atoms with Gasteiger partial charge < -0.3 is 14.6 Å². The fourth-order valence-corrected chi connectivity index (χ4v) is 3.48. The number of hydrogen-bond acceptors (Lipinski definition) is 3. The summed E-state index contributed by atoms with van der Waals surface area (Å²) in [4.78, 5) is 11.0. The van der Waals surface area contributed by atoms with Gasteiger partial charge in [-0.15, -0.1) is 0 Å². The van der Waals surface area contributed by atoms with Gasteiger partial charge in [-0.1, -0.05) is 30.3 Å². The van der Waals surface area contributed by atoms with Gasteiger partial charge in [0.05, 0.1) is 30.3 Å². The molecule has 2 bridgehead atoms. The molecule has 4 heteroatoms. The zero-order valence-corrected chi connectivity index (χ0v) is 11.7. The maximum Gasteiger partial charge on any atom is 0.306 e. The summed E-state index contributed by atoms with van der Waals surface area (Å²) in [5.41, 5.74) is 0.290. The summed E-state index contributed by atoms with van der Waals surface area (Å²) in [5.74, 6) is -0.794. The van der Waals surface area contributed by atoms with Crippen molar-refractivity contribution in [2.24, 2.45) is 0 Å². The molecule has 2 fully saturated rings. The average molecular weight is 276 g/mol. The van der Waals surface area contributed by atoms with Gasteiger partial charge >= 0.3 is 5.97 Å². The molecule has 2 heterocycles. The maximum atomic E-state index is 11.0. The minimum atomic E-state index is -0.794. The summed E-state index contributed by atoms with van der Waals surface area (Å²) in [5, 5.41) is 9.05. The van der Waals surface area contributed by atoms with E-state index in [2.05, 4.69) is 0 Å². The molecule has 1 N–H and O–H groups in total. The normalized spacial score (nSPS) is 35.4. The zero-order valence-electron chi connectivity index (χ0n) is 11.7. The van der Waals surface area contributed by atoms with Crippen LogP contribution in [0.5, 0.6) is 0 Å². The standard InChI is InChI=1S/C16H20O4/c1-15-7-8-16(20-15,10-14(17)18)9-13(15)19-11-12-5-3-2-4-6-12/h2-6,13H,7-11H2,1H3,(H,17,18)/t13-,15+,16-/m0/s1. The van der Waals surface area contributed by atoms with Gasteiger partial charge in [0, 0.05) is 6.42 Å². The van der Waals surface area contributed by atoms with E-state index < -0.39 is 11.6 Å². The Morgan fingerprint density at radius 3 is 2.85 bits per heavy atom. The molecule has 2 aliphatic heterocycles. The fraction of sp³-hybridized carbons (Fsp3) is 0.562. The monoisotopic (exact) mass is 276 g/mol. The van der Waals surface area contributed by atoms with E-state index in [4.69, 9.17) is 14.6 Å². The summed E-state index contributed by atoms with van der Waals surface area (Å²) in [6.45, 7) is 2.59. The molecule has 0 aromatic heterocycles. The first-order valence-electron chi connectivity index (χ1n) is 7.09. The average Bonchev–Trinajstić information content (AvgIpc) is 2.86. The number of carboxylic acids is 1. The Bertz CT molecular complexity index is 500. The lowest BCUT2D eigenvalue weighted by Gasteiger charge is -2.29. The Hall–Kier alpha value is -1.39. The zero-order chi connectivity index (χ0) is 14.2. The number of carbonyl (C=O) groups is 1. The van der Waals surface area contributed by atoms with E-state index in [0.29, 0.717) is 13.0 Å². The molecule has 0 amide bonds. The molecule has 0 aliphatic carbocycles. The molecule has 2 saturated heterocycles. The summed E-state index contributed by atoms with van der Waals surface area (Å²) < 4.78 is 12.1. The Morgan fingerprint density at radius 1 is 1.40 bits per heavy atom. The van der Waals surface area contributed by atoms with Crippen LogP contribution in [0, 0.1) is 0 Å². The molecule has 1 aromatic carbocycles. The Labute approximate surface area is 118 Å². The largest absolute Gasteiger partial charge is 0.481 e. The summed E-state index contributed by atoms with van der Waals surface area (Å²) in [6, 6.07) is 10.0. The van der Waals surface area contributed by atoms with Crippen molar-refractivity contribution in [3.63, 3.8) is 0 Å². The Kier molecular flexibility index (Phi) is 3.30. The smallest absolute Gasteiger partial charge is 0.306 e. The Morgan fingerprint density at radius 2 is 2.15 bits per heavy atom. The van der Waals surface area contributed by atoms with Gasteiger partial charge in [-0.3, -0.25) is 4.79 Å². The van der Waals surface area contributed by atoms with Crippen molar-refractivity contribution in [1.82, 2.24) is 0 Å². The molecule has 2 aliphatic rings. The van der Waals surface area contributed by atoms with Crippen molar-refractivity contribution in [1.29, 1.82) is 0 Å². The molecule has 3 atom stereocenters. The van der Waals surface area contributed by atoms with Crippen molar-refractivity contribution >= 4 is 5.97 Å². The molecule has 0 unspecified atom stereocenters. The highest BCUT2D eigenvalue weighted by Crippen LogP contribution is 2.53. The lowest BCUT2D eigenvalue weighted by Crippen LogP contribution is -2.37. The third-order valence-electron chi connectivity index (χ3n) is 4.53. The van der Waals surface area contributed by atoms with Crippen LogP contribution >= 0.6 is 0 Å². The molecule has 20 heavy (non-hydrogen) atoms. The molecule has 108 valence electrons. The van der Waals surface area contributed by atoms with Crippen LogP contribution in [-0.4, -0.2) is 28.4 Å². The summed E-state index contributed by atoms with van der Waals surface area (Å²) in [6.07, 6.45) is 2.44. The second-order valence-electron chi connectivity index (χ2n) is 6.16. The van der Waals surface area contributed by atoms with Crippen molar-refractivity contribution in [2.75, 3.05) is 0 Å². The van der Waals surface area contributed by atoms with E-state index in [9.17, 15) is 4.79 Å². The number of ether oxygens (including phenoxy) is 2. The third-order valence-corrected chi connectivity index (χ3v) is 4.53. The molecule has 0 saturated carbocycles. The molecule has 3 rings (SSSR count). The second-order valence-corrected chi connectivity index (χ2v) is 6.16. The molecule has 1 aromatic rings. The minimum Gasteiger partial charge on any atom is -0.481 e. The van der Waals surface area contributed by atoms with Crippen LogP contribution in [0.15, 0.2) is 30.3 Å². The van der Waals surface area contributed by atoms with Crippen LogP contribution < -0.4 is 0 Å². The SMILES string of the molecule is C[C@@]12CC[C@@](CC(=O)O)(C[C@@H]1OCc1ccccc1)O2. The van der Waals surface area contributed by atoms with Crippen molar-refractivity contribution in [3.8, 4) is 0 Å². The predicted molar refractivity (Wildman–Crippen MR) is 73.3 cm³/mol. The molecule has 4 nitrogen and oxygen atoms in total. The Balaban J connectivity index is 1.65. The van der Waals surface area contributed by atoms with Gasteiger partial charge in [0.25, 0.3) is 0 Å². The van der Waals surface area contributed by atoms with Crippen molar-refractivity contribution < 1.29 is 19.4 Å². The number of benzene rings is 1. The third kappa shape index (κ3) is 2.45. The van der Waals surface area contributed by atoms with Crippen LogP contribution in [0.3, 0.4) is 0 Å². The molecule has 0 spiro atoms. The molecular weight excluding hydrogens is 256 g/mol. The van der Waals surface area contributed by atoms with Gasteiger partial charge in [-0.25, -0.2) is 0 Å². The van der Waals surface area contributed by atoms with E-state index >= 15 is 0 Å². The van der Waals surface area contributed by atoms with E-state index in [0.717, 1.165) is 18.4 Å². The van der Waals surface area contributed by atoms with Crippen LogP contribution in [-0.2, 0) is 20.9 Å². The van der Waals surface area contributed by atoms with Gasteiger partial charge in [0.15, 0.2) is 0 Å². The van der Waals surface area contributed by atoms with Crippen molar-refractivity contribution in [3.05, 3.63) is 35.9 Å². The van der Waals surface area contributed by atoms with Gasteiger partial charge in [-0.05, 0) is 25.3 Å². The summed E-state index contributed by atoms with van der Waals surface area (Å²) >= 11 is 0. The lowest BCUT2D eigenvalue weighted by molar-refractivity contribution is -0.144. The van der Waals surface area contributed by atoms with E-state index in [1.165, 1.54) is 0 Å². The second kappa shape index (κ2) is 4.86. The number of hydrogen-bond donors (Lipinski definition) is 1. The first-order valence-corrected chi connectivity index (χ1v) is 7.09. The number of rotatable bonds is 5. The number of aliphatic carboxylic acids is 1. The first-order chi connectivity index (χ1) is 9.51. The fourth-order valence-electron chi connectivity index (χ4n) is 3.48. The maximum absolute atomic E-state index is 11.0. The van der Waals surface area contributed by atoms with Crippen LogP contribution in [0.2, 0.25) is 0 Å². The quantitative estimate of drug-likeness (QED) is 0.898. The molecular formula is C16H20O4. The first kappa shape index (κ1) is 13.6. The van der Waals surface area contributed by atoms with Crippen LogP contribution in [0.4, 0.5) is 0 Å². The summed E-state index contributed by atoms with van der Waals surface area (Å²) in [7, 11) is 0.